The Labute approximate surface area is 88.3 Å². The van der Waals surface area contributed by atoms with Crippen LogP contribution in [0.4, 0.5) is 30.7 Å². The highest BCUT2D eigenvalue weighted by Crippen LogP contribution is 2.47. The lowest BCUT2D eigenvalue weighted by molar-refractivity contribution is -0.341. The Morgan fingerprint density at radius 1 is 1.00 bits per heavy atom. The third-order valence-electron chi connectivity index (χ3n) is 1.15. The molecule has 0 aromatic heterocycles. The maximum atomic E-state index is 12.4. The summed E-state index contributed by atoms with van der Waals surface area (Å²) in [5, 5.41) is 0. The van der Waals surface area contributed by atoms with E-state index >= 15 is 0 Å². The molecule has 0 amide bonds. The standard InChI is InChI=1S/C6H4F7I/c1-3(14)2-4(7,8)5(9,10)6(11,12)13/h2H,1H3. The van der Waals surface area contributed by atoms with Gasteiger partial charge in [-0.2, -0.15) is 30.7 Å². The molecule has 0 saturated carbocycles. The smallest absolute Gasteiger partial charge is 0.195 e. The molecule has 0 saturated heterocycles. The summed E-state index contributed by atoms with van der Waals surface area (Å²) in [5.74, 6) is -11.3. The van der Waals surface area contributed by atoms with Crippen LogP contribution in [0, 0.1) is 0 Å². The highest BCUT2D eigenvalue weighted by atomic mass is 127. The number of hydrogen-bond acceptors (Lipinski definition) is 0. The molecule has 0 atom stereocenters. The first-order valence-electron chi connectivity index (χ1n) is 3.09. The minimum absolute atomic E-state index is 0.350. The highest BCUT2D eigenvalue weighted by Gasteiger charge is 2.72. The normalized spacial score (nSPS) is 15.9. The zero-order chi connectivity index (χ0) is 11.8. The third-order valence-corrected chi connectivity index (χ3v) is 1.47. The Balaban J connectivity index is 5.18. The fourth-order valence-corrected chi connectivity index (χ4v) is 0.921. The molecule has 0 aromatic rings. The molecule has 0 aliphatic rings. The molecule has 0 rings (SSSR count). The van der Waals surface area contributed by atoms with E-state index in [0.29, 0.717) is 0 Å². The summed E-state index contributed by atoms with van der Waals surface area (Å²) in [6.07, 6.45) is -6.68. The predicted octanol–water partition coefficient (Wildman–Crippen LogP) is 4.16. The summed E-state index contributed by atoms with van der Waals surface area (Å²) in [7, 11) is 0. The van der Waals surface area contributed by atoms with Crippen molar-refractivity contribution in [1.29, 1.82) is 0 Å². The Bertz CT molecular complexity index is 235. The van der Waals surface area contributed by atoms with Crippen LogP contribution >= 0.6 is 22.6 Å². The van der Waals surface area contributed by atoms with Gasteiger partial charge in [-0.3, -0.25) is 0 Å². The molecule has 0 bridgehead atoms. The quantitative estimate of drug-likeness (QED) is 0.525. The lowest BCUT2D eigenvalue weighted by Crippen LogP contribution is -2.50. The molecule has 0 aliphatic carbocycles. The zero-order valence-electron chi connectivity index (χ0n) is 6.60. The van der Waals surface area contributed by atoms with Crippen molar-refractivity contribution in [2.45, 2.75) is 24.9 Å². The van der Waals surface area contributed by atoms with Gasteiger partial charge in [0.25, 0.3) is 0 Å². The highest BCUT2D eigenvalue weighted by molar-refractivity contribution is 14.1. The van der Waals surface area contributed by atoms with Crippen molar-refractivity contribution in [3.05, 3.63) is 9.66 Å². The van der Waals surface area contributed by atoms with E-state index < -0.39 is 24.1 Å². The van der Waals surface area contributed by atoms with Crippen molar-refractivity contribution in [2.75, 3.05) is 0 Å². The SMILES string of the molecule is CC(I)=CC(F)(F)C(F)(F)C(F)(F)F. The Hall–Kier alpha value is -0.0200. The first-order valence-corrected chi connectivity index (χ1v) is 4.17. The summed E-state index contributed by atoms with van der Waals surface area (Å²) >= 11 is 1.22. The van der Waals surface area contributed by atoms with E-state index in [-0.39, 0.29) is 3.58 Å². The fourth-order valence-electron chi connectivity index (χ4n) is 0.529. The van der Waals surface area contributed by atoms with Gasteiger partial charge >= 0.3 is 18.0 Å². The molecule has 0 aliphatic heterocycles. The second kappa shape index (κ2) is 3.86. The lowest BCUT2D eigenvalue weighted by atomic mass is 10.1. The second-order valence-corrected chi connectivity index (χ2v) is 4.13. The van der Waals surface area contributed by atoms with E-state index in [1.807, 2.05) is 0 Å². The van der Waals surface area contributed by atoms with E-state index in [1.165, 1.54) is 22.6 Å². The minimum Gasteiger partial charge on any atom is -0.195 e. The van der Waals surface area contributed by atoms with Crippen LogP contribution in [0.2, 0.25) is 0 Å². The maximum absolute atomic E-state index is 12.4. The van der Waals surface area contributed by atoms with Crippen molar-refractivity contribution >= 4 is 22.6 Å². The van der Waals surface area contributed by atoms with Crippen LogP contribution in [0.1, 0.15) is 6.92 Å². The number of halogens is 8. The van der Waals surface area contributed by atoms with E-state index in [4.69, 9.17) is 0 Å². The summed E-state index contributed by atoms with van der Waals surface area (Å²) in [6.45, 7) is 0.987. The molecule has 0 N–H and O–H groups in total. The van der Waals surface area contributed by atoms with Crippen LogP contribution in [0.5, 0.6) is 0 Å². The number of alkyl halides is 7. The van der Waals surface area contributed by atoms with Crippen LogP contribution in [0.3, 0.4) is 0 Å². The molecule has 0 heterocycles. The fraction of sp³-hybridized carbons (Fsp3) is 0.667. The van der Waals surface area contributed by atoms with Gasteiger partial charge in [0.1, 0.15) is 0 Å². The monoisotopic (exact) mass is 336 g/mol. The maximum Gasteiger partial charge on any atom is 0.460 e. The van der Waals surface area contributed by atoms with Gasteiger partial charge in [0, 0.05) is 6.08 Å². The van der Waals surface area contributed by atoms with Crippen LogP contribution in [-0.4, -0.2) is 18.0 Å². The summed E-state index contributed by atoms with van der Waals surface area (Å²) in [6, 6.07) is 0. The van der Waals surface area contributed by atoms with Crippen LogP contribution in [-0.2, 0) is 0 Å². The van der Waals surface area contributed by atoms with Gasteiger partial charge in [0.2, 0.25) is 0 Å². The number of rotatable bonds is 2. The molecule has 0 aromatic carbocycles. The molecule has 14 heavy (non-hydrogen) atoms. The van der Waals surface area contributed by atoms with Crippen LogP contribution < -0.4 is 0 Å². The predicted molar refractivity (Wildman–Crippen MR) is 43.7 cm³/mol. The van der Waals surface area contributed by atoms with Gasteiger partial charge in [0.05, 0.1) is 0 Å². The van der Waals surface area contributed by atoms with Gasteiger partial charge < -0.3 is 0 Å². The van der Waals surface area contributed by atoms with Gasteiger partial charge in [0.15, 0.2) is 0 Å². The van der Waals surface area contributed by atoms with Crippen molar-refractivity contribution in [1.82, 2.24) is 0 Å². The van der Waals surface area contributed by atoms with Gasteiger partial charge in [-0.25, -0.2) is 0 Å². The summed E-state index contributed by atoms with van der Waals surface area (Å²) < 4.78 is 83.3. The summed E-state index contributed by atoms with van der Waals surface area (Å²) in [4.78, 5) is 0. The zero-order valence-corrected chi connectivity index (χ0v) is 8.76. The first kappa shape index (κ1) is 14.0. The van der Waals surface area contributed by atoms with Gasteiger partial charge in [-0.1, -0.05) is 0 Å². The van der Waals surface area contributed by atoms with E-state index in [9.17, 15) is 30.7 Å². The number of allylic oxidation sites excluding steroid dienone is 2. The van der Waals surface area contributed by atoms with Crippen molar-refractivity contribution in [2.24, 2.45) is 0 Å². The van der Waals surface area contributed by atoms with Gasteiger partial charge in [-0.15, -0.1) is 0 Å². The number of hydrogen-bond donors (Lipinski definition) is 0. The van der Waals surface area contributed by atoms with E-state index in [1.54, 1.807) is 0 Å². The van der Waals surface area contributed by atoms with Crippen LogP contribution in [0.25, 0.3) is 0 Å². The molecule has 84 valence electrons. The third kappa shape index (κ3) is 2.74. The van der Waals surface area contributed by atoms with Crippen molar-refractivity contribution < 1.29 is 30.7 Å². The van der Waals surface area contributed by atoms with E-state index in [2.05, 4.69) is 0 Å². The van der Waals surface area contributed by atoms with E-state index in [0.717, 1.165) is 6.92 Å². The Morgan fingerprint density at radius 2 is 1.36 bits per heavy atom. The second-order valence-electron chi connectivity index (χ2n) is 2.43. The molecule has 0 unspecified atom stereocenters. The molecule has 0 nitrogen and oxygen atoms in total. The van der Waals surface area contributed by atoms with Crippen LogP contribution in [0.15, 0.2) is 9.66 Å². The Kier molecular flexibility index (Phi) is 3.85. The molecule has 0 spiro atoms. The largest absolute Gasteiger partial charge is 0.460 e. The average Bonchev–Trinajstić information content (AvgIpc) is 1.80. The first-order chi connectivity index (χ1) is 5.92. The minimum atomic E-state index is -6.26. The average molecular weight is 336 g/mol. The topological polar surface area (TPSA) is 0 Å². The molecule has 0 radical (unpaired) electrons. The summed E-state index contributed by atoms with van der Waals surface area (Å²) in [5.41, 5.74) is 0. The lowest BCUT2D eigenvalue weighted by Gasteiger charge is -2.25. The van der Waals surface area contributed by atoms with Gasteiger partial charge in [-0.05, 0) is 33.1 Å². The molecular weight excluding hydrogens is 332 g/mol. The van der Waals surface area contributed by atoms with Crippen molar-refractivity contribution in [3.8, 4) is 0 Å². The molecule has 0 fully saturated rings. The Morgan fingerprint density at radius 3 is 1.57 bits per heavy atom. The molecule has 8 heteroatoms. The van der Waals surface area contributed by atoms with Crippen molar-refractivity contribution in [3.63, 3.8) is 0 Å². The molecular formula is C6H4F7I.